The lowest BCUT2D eigenvalue weighted by Gasteiger charge is -2.02. The Morgan fingerprint density at radius 3 is 3.29 bits per heavy atom. The number of hydrogen-bond acceptors (Lipinski definition) is 3. The molecule has 2 aromatic rings. The van der Waals surface area contributed by atoms with Crippen molar-refractivity contribution in [2.24, 2.45) is 0 Å². The van der Waals surface area contributed by atoms with Gasteiger partial charge in [-0.25, -0.2) is 9.97 Å². The van der Waals surface area contributed by atoms with Crippen LogP contribution in [-0.2, 0) is 6.54 Å². The Morgan fingerprint density at radius 1 is 1.29 bits per heavy atom. The standard InChI is InChI=1S/C10H9N3O/c1-2-8-9(11-3-1)10-12-4-5-13(10)6-7-14-8/h1-5H,6-7H2. The van der Waals surface area contributed by atoms with Gasteiger partial charge in [-0.1, -0.05) is 0 Å². The predicted octanol–water partition coefficient (Wildman–Crippen LogP) is 1.34. The molecule has 70 valence electrons. The lowest BCUT2D eigenvalue weighted by Crippen LogP contribution is -2.04. The van der Waals surface area contributed by atoms with Crippen molar-refractivity contribution >= 4 is 0 Å². The quantitative estimate of drug-likeness (QED) is 0.624. The van der Waals surface area contributed by atoms with Gasteiger partial charge in [0.25, 0.3) is 0 Å². The van der Waals surface area contributed by atoms with Gasteiger partial charge in [0, 0.05) is 18.6 Å². The maximum Gasteiger partial charge on any atom is 0.162 e. The smallest absolute Gasteiger partial charge is 0.162 e. The van der Waals surface area contributed by atoms with Crippen LogP contribution < -0.4 is 4.74 Å². The number of ether oxygens (including phenoxy) is 1. The normalized spacial score (nSPS) is 13.7. The van der Waals surface area contributed by atoms with E-state index in [1.807, 2.05) is 18.3 Å². The molecule has 1 aliphatic rings. The van der Waals surface area contributed by atoms with Crippen LogP contribution >= 0.6 is 0 Å². The molecule has 4 heteroatoms. The maximum absolute atomic E-state index is 5.57. The summed E-state index contributed by atoms with van der Waals surface area (Å²) in [5.41, 5.74) is 0.829. The van der Waals surface area contributed by atoms with Crippen molar-refractivity contribution in [2.75, 3.05) is 6.61 Å². The molecule has 0 radical (unpaired) electrons. The fraction of sp³-hybridized carbons (Fsp3) is 0.200. The van der Waals surface area contributed by atoms with Gasteiger partial charge in [-0.15, -0.1) is 0 Å². The lowest BCUT2D eigenvalue weighted by atomic mass is 10.3. The number of pyridine rings is 1. The SMILES string of the molecule is c1cnc2c(c1)OCCn1ccnc1-2. The zero-order valence-electron chi connectivity index (χ0n) is 7.55. The second-order valence-corrected chi connectivity index (χ2v) is 3.14. The summed E-state index contributed by atoms with van der Waals surface area (Å²) in [5, 5.41) is 0. The molecule has 3 rings (SSSR count). The van der Waals surface area contributed by atoms with Crippen LogP contribution in [0, 0.1) is 0 Å². The highest BCUT2D eigenvalue weighted by molar-refractivity contribution is 5.59. The van der Waals surface area contributed by atoms with Gasteiger partial charge < -0.3 is 9.30 Å². The average molecular weight is 187 g/mol. The largest absolute Gasteiger partial charge is 0.489 e. The molecule has 0 unspecified atom stereocenters. The molecule has 2 aromatic heterocycles. The van der Waals surface area contributed by atoms with Crippen molar-refractivity contribution in [2.45, 2.75) is 6.54 Å². The van der Waals surface area contributed by atoms with E-state index in [2.05, 4.69) is 14.5 Å². The Morgan fingerprint density at radius 2 is 2.29 bits per heavy atom. The fourth-order valence-corrected chi connectivity index (χ4v) is 1.64. The number of rotatable bonds is 0. The van der Waals surface area contributed by atoms with Crippen molar-refractivity contribution in [3.05, 3.63) is 30.7 Å². The van der Waals surface area contributed by atoms with E-state index in [0.29, 0.717) is 6.61 Å². The molecule has 0 amide bonds. The fourth-order valence-electron chi connectivity index (χ4n) is 1.64. The van der Waals surface area contributed by atoms with Crippen LogP contribution in [0.2, 0.25) is 0 Å². The third kappa shape index (κ3) is 1.00. The molecule has 14 heavy (non-hydrogen) atoms. The minimum Gasteiger partial charge on any atom is -0.489 e. The number of nitrogens with zero attached hydrogens (tertiary/aromatic N) is 3. The molecule has 0 atom stereocenters. The third-order valence-electron chi connectivity index (χ3n) is 2.29. The second kappa shape index (κ2) is 2.83. The summed E-state index contributed by atoms with van der Waals surface area (Å²) in [6.07, 6.45) is 5.49. The Hall–Kier alpha value is -1.84. The van der Waals surface area contributed by atoms with Crippen molar-refractivity contribution < 1.29 is 4.74 Å². The van der Waals surface area contributed by atoms with Crippen LogP contribution in [0.4, 0.5) is 0 Å². The summed E-state index contributed by atoms with van der Waals surface area (Å²) < 4.78 is 7.62. The van der Waals surface area contributed by atoms with Gasteiger partial charge in [0.15, 0.2) is 5.82 Å². The highest BCUT2D eigenvalue weighted by Gasteiger charge is 2.16. The molecule has 1 aliphatic heterocycles. The molecule has 0 aliphatic carbocycles. The summed E-state index contributed by atoms with van der Waals surface area (Å²) in [6.45, 7) is 1.49. The number of fused-ring (bicyclic) bond motifs is 3. The van der Waals surface area contributed by atoms with E-state index in [0.717, 1.165) is 23.8 Å². The molecule has 4 nitrogen and oxygen atoms in total. The summed E-state index contributed by atoms with van der Waals surface area (Å²) >= 11 is 0. The van der Waals surface area contributed by atoms with Gasteiger partial charge in [-0.2, -0.15) is 0 Å². The van der Waals surface area contributed by atoms with Crippen LogP contribution in [0.5, 0.6) is 5.75 Å². The van der Waals surface area contributed by atoms with E-state index in [4.69, 9.17) is 4.74 Å². The van der Waals surface area contributed by atoms with E-state index in [1.165, 1.54) is 0 Å². The molecular formula is C10H9N3O. The van der Waals surface area contributed by atoms with Crippen molar-refractivity contribution in [1.82, 2.24) is 14.5 Å². The van der Waals surface area contributed by atoms with Gasteiger partial charge >= 0.3 is 0 Å². The average Bonchev–Trinajstić information content (AvgIpc) is 2.61. The van der Waals surface area contributed by atoms with E-state index in [9.17, 15) is 0 Å². The van der Waals surface area contributed by atoms with Crippen LogP contribution in [0.1, 0.15) is 0 Å². The molecule has 0 fully saturated rings. The van der Waals surface area contributed by atoms with Crippen LogP contribution in [0.3, 0.4) is 0 Å². The highest BCUT2D eigenvalue weighted by atomic mass is 16.5. The topological polar surface area (TPSA) is 39.9 Å². The minimum atomic E-state index is 0.669. The van der Waals surface area contributed by atoms with Crippen LogP contribution in [0.25, 0.3) is 11.5 Å². The highest BCUT2D eigenvalue weighted by Crippen LogP contribution is 2.28. The van der Waals surface area contributed by atoms with E-state index < -0.39 is 0 Å². The Labute approximate surface area is 81.2 Å². The summed E-state index contributed by atoms with van der Waals surface area (Å²) in [5.74, 6) is 1.70. The molecule has 0 saturated heterocycles. The first-order valence-corrected chi connectivity index (χ1v) is 4.54. The first kappa shape index (κ1) is 7.55. The van der Waals surface area contributed by atoms with E-state index in [1.54, 1.807) is 12.4 Å². The minimum absolute atomic E-state index is 0.669. The second-order valence-electron chi connectivity index (χ2n) is 3.14. The zero-order valence-corrected chi connectivity index (χ0v) is 7.55. The van der Waals surface area contributed by atoms with E-state index >= 15 is 0 Å². The van der Waals surface area contributed by atoms with Crippen LogP contribution in [-0.4, -0.2) is 21.1 Å². The van der Waals surface area contributed by atoms with Crippen molar-refractivity contribution in [1.29, 1.82) is 0 Å². The first-order valence-electron chi connectivity index (χ1n) is 4.54. The first-order chi connectivity index (χ1) is 6.95. The molecule has 0 spiro atoms. The number of hydrogen-bond donors (Lipinski definition) is 0. The van der Waals surface area contributed by atoms with Gasteiger partial charge in [0.2, 0.25) is 0 Å². The Balaban J connectivity index is 2.27. The molecular weight excluding hydrogens is 178 g/mol. The van der Waals surface area contributed by atoms with Crippen molar-refractivity contribution in [3.63, 3.8) is 0 Å². The zero-order chi connectivity index (χ0) is 9.38. The Kier molecular flexibility index (Phi) is 1.53. The number of aromatic nitrogens is 3. The van der Waals surface area contributed by atoms with Gasteiger partial charge in [0.1, 0.15) is 18.1 Å². The number of imidazole rings is 1. The van der Waals surface area contributed by atoms with Crippen LogP contribution in [0.15, 0.2) is 30.7 Å². The monoisotopic (exact) mass is 187 g/mol. The molecule has 0 saturated carbocycles. The predicted molar refractivity (Wildman–Crippen MR) is 51.0 cm³/mol. The molecule has 3 heterocycles. The summed E-state index contributed by atoms with van der Waals surface area (Å²) in [4.78, 5) is 8.56. The lowest BCUT2D eigenvalue weighted by molar-refractivity contribution is 0.306. The molecule has 0 bridgehead atoms. The third-order valence-corrected chi connectivity index (χ3v) is 2.29. The maximum atomic E-state index is 5.57. The van der Waals surface area contributed by atoms with Crippen molar-refractivity contribution in [3.8, 4) is 17.3 Å². The van der Waals surface area contributed by atoms with Gasteiger partial charge in [-0.05, 0) is 12.1 Å². The van der Waals surface area contributed by atoms with E-state index in [-0.39, 0.29) is 0 Å². The molecule has 0 aromatic carbocycles. The Bertz CT molecular complexity index is 464. The summed E-state index contributed by atoms with van der Waals surface area (Å²) in [6, 6.07) is 3.80. The molecule has 0 N–H and O–H groups in total. The summed E-state index contributed by atoms with van der Waals surface area (Å²) in [7, 11) is 0. The van der Waals surface area contributed by atoms with Gasteiger partial charge in [0.05, 0.1) is 6.54 Å². The van der Waals surface area contributed by atoms with Gasteiger partial charge in [-0.3, -0.25) is 0 Å².